The number of hydrogen-bond acceptors (Lipinski definition) is 2. The van der Waals surface area contributed by atoms with Gasteiger partial charge in [0.05, 0.1) is 0 Å². The molecule has 0 saturated carbocycles. The zero-order valence-corrected chi connectivity index (χ0v) is 8.91. The Morgan fingerprint density at radius 3 is 2.53 bits per heavy atom. The summed E-state index contributed by atoms with van der Waals surface area (Å²) in [6.45, 7) is 2.33. The third-order valence-electron chi connectivity index (χ3n) is 1.96. The highest BCUT2D eigenvalue weighted by molar-refractivity contribution is 5.92. The summed E-state index contributed by atoms with van der Waals surface area (Å²) in [7, 11) is 1.81. The van der Waals surface area contributed by atoms with Crippen LogP contribution < -0.4 is 10.6 Å². The van der Waals surface area contributed by atoms with E-state index < -0.39 is 0 Å². The fraction of sp³-hybridized carbons (Fsp3) is 0.400. The van der Waals surface area contributed by atoms with Crippen molar-refractivity contribution in [3.8, 4) is 0 Å². The molecule has 0 bridgehead atoms. The Kier molecular flexibility index (Phi) is 3.91. The average molecular weight is 209 g/mol. The summed E-state index contributed by atoms with van der Waals surface area (Å²) >= 11 is 0. The Bertz CT molecular complexity index is 357. The highest BCUT2D eigenvalue weighted by atomic mass is 16.2. The van der Waals surface area contributed by atoms with E-state index in [2.05, 4.69) is 10.6 Å². The molecule has 0 atom stereocenters. The standard InChI is InChI=1S/C10H15N3O2/c1-8(14)11-5-6-12-10(15)9-4-3-7-13(9)2/h3-4,7H,5-6H2,1-2H3,(H,11,14)(H,12,15). The van der Waals surface area contributed by atoms with E-state index in [9.17, 15) is 9.59 Å². The maximum atomic E-state index is 11.5. The molecule has 1 aromatic rings. The highest BCUT2D eigenvalue weighted by Gasteiger charge is 2.06. The molecule has 0 radical (unpaired) electrons. The van der Waals surface area contributed by atoms with Crippen LogP contribution in [0.25, 0.3) is 0 Å². The molecule has 0 aromatic carbocycles. The Hall–Kier alpha value is -1.78. The van der Waals surface area contributed by atoms with Gasteiger partial charge in [-0.1, -0.05) is 0 Å². The molecule has 5 heteroatoms. The first kappa shape index (κ1) is 11.3. The van der Waals surface area contributed by atoms with E-state index in [4.69, 9.17) is 0 Å². The predicted molar refractivity (Wildman–Crippen MR) is 56.4 cm³/mol. The maximum Gasteiger partial charge on any atom is 0.267 e. The SMILES string of the molecule is CC(=O)NCCNC(=O)c1cccn1C. The van der Waals surface area contributed by atoms with Crippen LogP contribution in [-0.4, -0.2) is 29.5 Å². The normalized spacial score (nSPS) is 9.73. The van der Waals surface area contributed by atoms with E-state index in [1.54, 1.807) is 10.6 Å². The van der Waals surface area contributed by atoms with E-state index in [1.165, 1.54) is 6.92 Å². The van der Waals surface area contributed by atoms with Gasteiger partial charge in [0, 0.05) is 33.3 Å². The summed E-state index contributed by atoms with van der Waals surface area (Å²) in [5.41, 5.74) is 0.609. The second-order valence-electron chi connectivity index (χ2n) is 3.24. The minimum atomic E-state index is -0.132. The van der Waals surface area contributed by atoms with Crippen molar-refractivity contribution in [3.63, 3.8) is 0 Å². The van der Waals surface area contributed by atoms with Crippen molar-refractivity contribution in [2.75, 3.05) is 13.1 Å². The lowest BCUT2D eigenvalue weighted by atomic mass is 10.4. The first-order chi connectivity index (χ1) is 7.11. The van der Waals surface area contributed by atoms with Gasteiger partial charge in [-0.3, -0.25) is 9.59 Å². The van der Waals surface area contributed by atoms with E-state index >= 15 is 0 Å². The quantitative estimate of drug-likeness (QED) is 0.680. The Morgan fingerprint density at radius 1 is 1.33 bits per heavy atom. The van der Waals surface area contributed by atoms with Crippen molar-refractivity contribution in [1.29, 1.82) is 0 Å². The van der Waals surface area contributed by atoms with Crippen LogP contribution in [0, 0.1) is 0 Å². The summed E-state index contributed by atoms with van der Waals surface area (Å²) in [5.74, 6) is -0.226. The zero-order chi connectivity index (χ0) is 11.3. The molecule has 2 amide bonds. The molecule has 0 spiro atoms. The number of carbonyl (C=O) groups is 2. The Labute approximate surface area is 88.5 Å². The van der Waals surface area contributed by atoms with Crippen LogP contribution in [0.3, 0.4) is 0 Å². The summed E-state index contributed by atoms with van der Waals surface area (Å²) < 4.78 is 1.74. The van der Waals surface area contributed by atoms with Crippen LogP contribution in [0.2, 0.25) is 0 Å². The molecule has 0 fully saturated rings. The van der Waals surface area contributed by atoms with Crippen molar-refractivity contribution < 1.29 is 9.59 Å². The van der Waals surface area contributed by atoms with Gasteiger partial charge < -0.3 is 15.2 Å². The third kappa shape index (κ3) is 3.46. The molecule has 0 unspecified atom stereocenters. The van der Waals surface area contributed by atoms with Gasteiger partial charge in [-0.25, -0.2) is 0 Å². The summed E-state index contributed by atoms with van der Waals surface area (Å²) in [5, 5.41) is 5.31. The predicted octanol–water partition coefficient (Wildman–Crippen LogP) is -0.109. The summed E-state index contributed by atoms with van der Waals surface area (Å²) in [6, 6.07) is 3.55. The number of hydrogen-bond donors (Lipinski definition) is 2. The number of rotatable bonds is 4. The number of aromatic nitrogens is 1. The zero-order valence-electron chi connectivity index (χ0n) is 8.91. The number of aryl methyl sites for hydroxylation is 1. The third-order valence-corrected chi connectivity index (χ3v) is 1.96. The lowest BCUT2D eigenvalue weighted by molar-refractivity contribution is -0.118. The first-order valence-electron chi connectivity index (χ1n) is 4.75. The maximum absolute atomic E-state index is 11.5. The summed E-state index contributed by atoms with van der Waals surface area (Å²) in [6.07, 6.45) is 1.81. The van der Waals surface area contributed by atoms with E-state index in [0.717, 1.165) is 0 Å². The van der Waals surface area contributed by atoms with Gasteiger partial charge in [0.25, 0.3) is 5.91 Å². The number of nitrogens with zero attached hydrogens (tertiary/aromatic N) is 1. The molecule has 0 aliphatic rings. The number of carbonyl (C=O) groups excluding carboxylic acids is 2. The largest absolute Gasteiger partial charge is 0.355 e. The van der Waals surface area contributed by atoms with Crippen LogP contribution >= 0.6 is 0 Å². The molecule has 1 aromatic heterocycles. The Balaban J connectivity index is 2.31. The monoisotopic (exact) mass is 209 g/mol. The molecule has 5 nitrogen and oxygen atoms in total. The first-order valence-corrected chi connectivity index (χ1v) is 4.75. The fourth-order valence-corrected chi connectivity index (χ4v) is 1.20. The van der Waals surface area contributed by atoms with Crippen molar-refractivity contribution in [3.05, 3.63) is 24.0 Å². The minimum Gasteiger partial charge on any atom is -0.355 e. The van der Waals surface area contributed by atoms with Gasteiger partial charge in [0.15, 0.2) is 0 Å². The molecule has 0 saturated heterocycles. The van der Waals surface area contributed by atoms with Gasteiger partial charge in [0.2, 0.25) is 5.91 Å². The summed E-state index contributed by atoms with van der Waals surface area (Å²) in [4.78, 5) is 22.1. The van der Waals surface area contributed by atoms with E-state index in [1.807, 2.05) is 19.3 Å². The molecule has 2 N–H and O–H groups in total. The topological polar surface area (TPSA) is 63.1 Å². The molecule has 82 valence electrons. The van der Waals surface area contributed by atoms with Crippen molar-refractivity contribution in [2.45, 2.75) is 6.92 Å². The van der Waals surface area contributed by atoms with Crippen molar-refractivity contribution in [2.24, 2.45) is 7.05 Å². The molecule has 1 heterocycles. The smallest absolute Gasteiger partial charge is 0.267 e. The lowest BCUT2D eigenvalue weighted by Crippen LogP contribution is -2.34. The van der Waals surface area contributed by atoms with Crippen LogP contribution in [-0.2, 0) is 11.8 Å². The van der Waals surface area contributed by atoms with Crippen molar-refractivity contribution >= 4 is 11.8 Å². The van der Waals surface area contributed by atoms with Gasteiger partial charge >= 0.3 is 0 Å². The van der Waals surface area contributed by atoms with Gasteiger partial charge in [-0.2, -0.15) is 0 Å². The molecular weight excluding hydrogens is 194 g/mol. The lowest BCUT2D eigenvalue weighted by Gasteiger charge is -2.06. The minimum absolute atomic E-state index is 0.0943. The molecule has 0 aliphatic heterocycles. The van der Waals surface area contributed by atoms with Gasteiger partial charge in [-0.05, 0) is 12.1 Å². The molecular formula is C10H15N3O2. The van der Waals surface area contributed by atoms with Gasteiger partial charge in [-0.15, -0.1) is 0 Å². The van der Waals surface area contributed by atoms with Gasteiger partial charge in [0.1, 0.15) is 5.69 Å². The van der Waals surface area contributed by atoms with Crippen LogP contribution in [0.15, 0.2) is 18.3 Å². The van der Waals surface area contributed by atoms with Crippen LogP contribution in [0.4, 0.5) is 0 Å². The highest BCUT2D eigenvalue weighted by Crippen LogP contribution is 1.98. The van der Waals surface area contributed by atoms with Crippen molar-refractivity contribution in [1.82, 2.24) is 15.2 Å². The second-order valence-corrected chi connectivity index (χ2v) is 3.24. The number of amides is 2. The number of nitrogens with one attached hydrogen (secondary N) is 2. The van der Waals surface area contributed by atoms with Crippen LogP contribution in [0.5, 0.6) is 0 Å². The second kappa shape index (κ2) is 5.19. The van der Waals surface area contributed by atoms with E-state index in [-0.39, 0.29) is 11.8 Å². The van der Waals surface area contributed by atoms with Crippen LogP contribution in [0.1, 0.15) is 17.4 Å². The fourth-order valence-electron chi connectivity index (χ4n) is 1.20. The average Bonchev–Trinajstić information content (AvgIpc) is 2.58. The Morgan fingerprint density at radius 2 is 2.00 bits per heavy atom. The molecule has 1 rings (SSSR count). The molecule has 15 heavy (non-hydrogen) atoms. The molecule has 0 aliphatic carbocycles. The van der Waals surface area contributed by atoms with E-state index in [0.29, 0.717) is 18.8 Å².